The molecule has 1 fully saturated rings. The van der Waals surface area contributed by atoms with E-state index < -0.39 is 0 Å². The second-order valence-corrected chi connectivity index (χ2v) is 5.57. The first kappa shape index (κ1) is 17.5. The summed E-state index contributed by atoms with van der Waals surface area (Å²) >= 11 is 5.84. The van der Waals surface area contributed by atoms with E-state index in [9.17, 15) is 4.79 Å². The van der Waals surface area contributed by atoms with Crippen LogP contribution < -0.4 is 16.6 Å². The van der Waals surface area contributed by atoms with Gasteiger partial charge in [0, 0.05) is 58.2 Å². The van der Waals surface area contributed by atoms with Crippen LogP contribution in [0.3, 0.4) is 0 Å². The van der Waals surface area contributed by atoms with Crippen molar-refractivity contribution in [1.82, 2.24) is 20.0 Å². The quantitative estimate of drug-likeness (QED) is 0.572. The van der Waals surface area contributed by atoms with Crippen LogP contribution in [0.2, 0.25) is 5.15 Å². The van der Waals surface area contributed by atoms with E-state index in [1.54, 1.807) is 13.2 Å². The normalized spacial score (nSPS) is 18.2. The van der Waals surface area contributed by atoms with E-state index in [4.69, 9.17) is 22.1 Å². The van der Waals surface area contributed by atoms with Crippen LogP contribution in [-0.2, 0) is 11.8 Å². The maximum Gasteiger partial charge on any atom is 0.292 e. The van der Waals surface area contributed by atoms with E-state index in [2.05, 4.69) is 20.3 Å². The Bertz CT molecular complexity index is 670. The number of aryl methyl sites for hydroxylation is 1. The first-order chi connectivity index (χ1) is 11.0. The highest BCUT2D eigenvalue weighted by molar-refractivity contribution is 6.29. The lowest BCUT2D eigenvalue weighted by Gasteiger charge is -2.29. The Hall–Kier alpha value is -1.90. The number of nitrogens with one attached hydrogen (secondary N) is 1. The molecule has 2 rings (SSSR count). The van der Waals surface area contributed by atoms with Crippen molar-refractivity contribution in [2.45, 2.75) is 0 Å². The summed E-state index contributed by atoms with van der Waals surface area (Å²) < 4.78 is 6.22. The second-order valence-electron chi connectivity index (χ2n) is 5.18. The number of ether oxygens (including phenoxy) is 1. The number of rotatable bonds is 5. The van der Waals surface area contributed by atoms with Gasteiger partial charge >= 0.3 is 0 Å². The lowest BCUT2D eigenvalue weighted by molar-refractivity contribution is 0.147. The van der Waals surface area contributed by atoms with Crippen LogP contribution in [0.4, 0.5) is 5.69 Å². The zero-order chi connectivity index (χ0) is 16.8. The van der Waals surface area contributed by atoms with Crippen molar-refractivity contribution in [2.24, 2.45) is 17.8 Å². The molecule has 2 heterocycles. The third-order valence-electron chi connectivity index (χ3n) is 3.37. The Morgan fingerprint density at radius 3 is 3.17 bits per heavy atom. The summed E-state index contributed by atoms with van der Waals surface area (Å²) in [5, 5.41) is 7.27. The molecule has 0 unspecified atom stereocenters. The molecule has 1 aromatic rings. The number of nitrogens with zero attached hydrogens (tertiary/aromatic N) is 4. The molecule has 0 atom stereocenters. The lowest BCUT2D eigenvalue weighted by atomic mass is 10.2. The summed E-state index contributed by atoms with van der Waals surface area (Å²) in [4.78, 5) is 18.3. The van der Waals surface area contributed by atoms with Crippen LogP contribution in [0.15, 0.2) is 27.6 Å². The minimum absolute atomic E-state index is 0.161. The molecule has 0 bridgehead atoms. The molecule has 0 radical (unpaired) electrons. The van der Waals surface area contributed by atoms with Gasteiger partial charge in [0.15, 0.2) is 5.15 Å². The van der Waals surface area contributed by atoms with E-state index in [1.807, 2.05) is 0 Å². The van der Waals surface area contributed by atoms with Crippen LogP contribution in [0.5, 0.6) is 0 Å². The maximum atomic E-state index is 11.9. The maximum absolute atomic E-state index is 11.9. The molecule has 0 amide bonds. The van der Waals surface area contributed by atoms with E-state index >= 15 is 0 Å². The fourth-order valence-corrected chi connectivity index (χ4v) is 2.46. The van der Waals surface area contributed by atoms with Gasteiger partial charge in [0.25, 0.3) is 5.56 Å². The number of amidine groups is 1. The SMILES string of the molecule is COCCN1CCN/C(=C\C(N)=Nc2cc(Cl)nn(C)c2=O)C1. The van der Waals surface area contributed by atoms with Crippen LogP contribution in [0, 0.1) is 0 Å². The Labute approximate surface area is 139 Å². The number of hydrogen-bond acceptors (Lipinski definition) is 6. The van der Waals surface area contributed by atoms with Crippen molar-refractivity contribution in [3.63, 3.8) is 0 Å². The van der Waals surface area contributed by atoms with Gasteiger partial charge in [-0.1, -0.05) is 11.6 Å². The highest BCUT2D eigenvalue weighted by Crippen LogP contribution is 2.11. The topological polar surface area (TPSA) is 97.8 Å². The summed E-state index contributed by atoms with van der Waals surface area (Å²) in [5.74, 6) is 0.237. The number of nitrogens with two attached hydrogens (primary N) is 1. The monoisotopic (exact) mass is 340 g/mol. The van der Waals surface area contributed by atoms with Crippen molar-refractivity contribution in [3.8, 4) is 0 Å². The highest BCUT2D eigenvalue weighted by atomic mass is 35.5. The molecule has 0 saturated carbocycles. The van der Waals surface area contributed by atoms with Gasteiger partial charge in [-0.2, -0.15) is 5.10 Å². The molecular formula is C14H21ClN6O2. The zero-order valence-corrected chi connectivity index (χ0v) is 14.0. The third kappa shape index (κ3) is 5.05. The molecule has 1 aliphatic rings. The smallest absolute Gasteiger partial charge is 0.292 e. The van der Waals surface area contributed by atoms with Crippen molar-refractivity contribution < 1.29 is 4.74 Å². The van der Waals surface area contributed by atoms with E-state index in [0.29, 0.717) is 6.61 Å². The second kappa shape index (κ2) is 8.09. The Balaban J connectivity index is 2.14. The minimum atomic E-state index is -0.353. The molecule has 3 N–H and O–H groups in total. The van der Waals surface area contributed by atoms with Gasteiger partial charge in [0.1, 0.15) is 11.5 Å². The molecule has 1 aromatic heterocycles. The Morgan fingerprint density at radius 2 is 2.43 bits per heavy atom. The summed E-state index contributed by atoms with van der Waals surface area (Å²) in [5.41, 5.74) is 6.69. The largest absolute Gasteiger partial charge is 0.386 e. The van der Waals surface area contributed by atoms with Gasteiger partial charge in [0.05, 0.1) is 6.61 Å². The number of aliphatic imine (C=N–C) groups is 1. The average molecular weight is 341 g/mol. The van der Waals surface area contributed by atoms with Crippen LogP contribution in [0.25, 0.3) is 0 Å². The summed E-state index contributed by atoms with van der Waals surface area (Å²) in [6.07, 6.45) is 1.73. The number of piperazine rings is 1. The molecule has 0 aromatic carbocycles. The standard InChI is InChI=1S/C14H21ClN6O2/c1-20-14(22)11(8-12(15)19-20)18-13(16)7-10-9-21(4-3-17-10)5-6-23-2/h7-8,17H,3-6,9H2,1-2H3,(H2,16,18)/b10-7-. The number of aromatic nitrogens is 2. The zero-order valence-electron chi connectivity index (χ0n) is 13.3. The van der Waals surface area contributed by atoms with Crippen LogP contribution in [0.1, 0.15) is 0 Å². The van der Waals surface area contributed by atoms with E-state index in [-0.39, 0.29) is 22.2 Å². The first-order valence-electron chi connectivity index (χ1n) is 7.23. The minimum Gasteiger partial charge on any atom is -0.386 e. The Kier molecular flexibility index (Phi) is 6.14. The van der Waals surface area contributed by atoms with Crippen LogP contribution in [-0.4, -0.2) is 60.4 Å². The Morgan fingerprint density at radius 1 is 1.65 bits per heavy atom. The van der Waals surface area contributed by atoms with Crippen molar-refractivity contribution in [1.29, 1.82) is 0 Å². The molecule has 9 heteroatoms. The molecule has 0 spiro atoms. The van der Waals surface area contributed by atoms with Crippen molar-refractivity contribution in [3.05, 3.63) is 33.3 Å². The molecule has 23 heavy (non-hydrogen) atoms. The molecule has 1 saturated heterocycles. The average Bonchev–Trinajstić information content (AvgIpc) is 2.50. The molecule has 1 aliphatic heterocycles. The fourth-order valence-electron chi connectivity index (χ4n) is 2.25. The van der Waals surface area contributed by atoms with Gasteiger partial charge in [-0.05, 0) is 0 Å². The first-order valence-corrected chi connectivity index (χ1v) is 7.61. The van der Waals surface area contributed by atoms with Crippen molar-refractivity contribution >= 4 is 23.1 Å². The van der Waals surface area contributed by atoms with Crippen LogP contribution >= 0.6 is 11.6 Å². The predicted octanol–water partition coefficient (Wildman–Crippen LogP) is -0.142. The van der Waals surface area contributed by atoms with Gasteiger partial charge in [0.2, 0.25) is 0 Å². The summed E-state index contributed by atoms with van der Waals surface area (Å²) in [7, 11) is 3.20. The molecular weight excluding hydrogens is 320 g/mol. The molecule has 8 nitrogen and oxygen atoms in total. The van der Waals surface area contributed by atoms with Crippen molar-refractivity contribution in [2.75, 3.05) is 39.9 Å². The summed E-state index contributed by atoms with van der Waals surface area (Å²) in [6.45, 7) is 4.04. The third-order valence-corrected chi connectivity index (χ3v) is 3.56. The number of halogens is 1. The number of hydrogen-bond donors (Lipinski definition) is 2. The predicted molar refractivity (Wildman–Crippen MR) is 90.2 cm³/mol. The fraction of sp³-hybridized carbons (Fsp3) is 0.500. The molecule has 126 valence electrons. The lowest BCUT2D eigenvalue weighted by Crippen LogP contribution is -2.43. The van der Waals surface area contributed by atoms with Gasteiger partial charge < -0.3 is 15.8 Å². The van der Waals surface area contributed by atoms with Gasteiger partial charge in [-0.15, -0.1) is 0 Å². The van der Waals surface area contributed by atoms with Gasteiger partial charge in [-0.25, -0.2) is 9.67 Å². The highest BCUT2D eigenvalue weighted by Gasteiger charge is 2.13. The molecule has 0 aliphatic carbocycles. The van der Waals surface area contributed by atoms with E-state index in [0.717, 1.165) is 36.6 Å². The summed E-state index contributed by atoms with van der Waals surface area (Å²) in [6, 6.07) is 1.40. The van der Waals surface area contributed by atoms with E-state index in [1.165, 1.54) is 13.1 Å². The van der Waals surface area contributed by atoms with Gasteiger partial charge in [-0.3, -0.25) is 9.69 Å². The number of methoxy groups -OCH3 is 1.